The van der Waals surface area contributed by atoms with E-state index in [-0.39, 0.29) is 22.3 Å². The summed E-state index contributed by atoms with van der Waals surface area (Å²) in [5, 5.41) is 9.14. The maximum Gasteiger partial charge on any atom is 0.335 e. The third-order valence-corrected chi connectivity index (χ3v) is 3.47. The second-order valence-electron chi connectivity index (χ2n) is 4.58. The number of fused-ring (bicyclic) bond motifs is 1. The molecule has 106 valence electrons. The molecule has 21 heavy (non-hydrogen) atoms. The van der Waals surface area contributed by atoms with Gasteiger partial charge in [-0.25, -0.2) is 9.78 Å². The van der Waals surface area contributed by atoms with E-state index in [0.717, 1.165) is 5.56 Å². The van der Waals surface area contributed by atoms with Crippen molar-refractivity contribution in [1.29, 1.82) is 0 Å². The van der Waals surface area contributed by atoms with Crippen LogP contribution in [0, 0.1) is 0 Å². The van der Waals surface area contributed by atoms with Crippen molar-refractivity contribution in [2.24, 2.45) is 0 Å². The molecule has 2 heterocycles. The molecule has 1 aliphatic heterocycles. The molecule has 1 aliphatic rings. The number of anilines is 1. The molecule has 0 atom stereocenters. The van der Waals surface area contributed by atoms with Crippen LogP contribution >= 0.6 is 11.6 Å². The Morgan fingerprint density at radius 3 is 2.81 bits per heavy atom. The molecule has 7 heteroatoms. The minimum atomic E-state index is -0.983. The van der Waals surface area contributed by atoms with E-state index < -0.39 is 5.97 Å². The largest absolute Gasteiger partial charge is 0.478 e. The number of hydrogen-bond donors (Lipinski definition) is 1. The average molecular weight is 304 g/mol. The number of aromatic carboxylic acids is 1. The Morgan fingerprint density at radius 1 is 1.29 bits per heavy atom. The minimum absolute atomic E-state index is 0.154. The van der Waals surface area contributed by atoms with Gasteiger partial charge in [-0.3, -0.25) is 9.78 Å². The number of carboxylic acids is 1. The summed E-state index contributed by atoms with van der Waals surface area (Å²) >= 11 is 5.74. The topological polar surface area (TPSA) is 83.4 Å². The lowest BCUT2D eigenvalue weighted by Gasteiger charge is -2.16. The van der Waals surface area contributed by atoms with E-state index in [2.05, 4.69) is 9.97 Å². The summed E-state index contributed by atoms with van der Waals surface area (Å²) in [6, 6.07) is 4.71. The zero-order chi connectivity index (χ0) is 15.0. The predicted octanol–water partition coefficient (Wildman–Crippen LogP) is 2.03. The molecule has 0 saturated heterocycles. The van der Waals surface area contributed by atoms with Crippen LogP contribution in [-0.2, 0) is 6.42 Å². The van der Waals surface area contributed by atoms with Gasteiger partial charge in [-0.15, -0.1) is 0 Å². The molecule has 0 saturated carbocycles. The molecule has 1 aromatic carbocycles. The number of aromatic nitrogens is 2. The SMILES string of the molecule is O=C(O)c1ccc2c(c1)CCN2C(=O)c1cncc(Cl)n1. The van der Waals surface area contributed by atoms with Gasteiger partial charge in [0.1, 0.15) is 10.8 Å². The molecule has 2 aromatic rings. The number of amides is 1. The fraction of sp³-hybridized carbons (Fsp3) is 0.143. The Morgan fingerprint density at radius 2 is 2.10 bits per heavy atom. The third-order valence-electron chi connectivity index (χ3n) is 3.29. The maximum atomic E-state index is 12.4. The van der Waals surface area contributed by atoms with Crippen LogP contribution in [0.25, 0.3) is 0 Å². The van der Waals surface area contributed by atoms with Gasteiger partial charge in [0.05, 0.1) is 18.0 Å². The van der Waals surface area contributed by atoms with Gasteiger partial charge in [0.15, 0.2) is 0 Å². The second kappa shape index (κ2) is 5.14. The highest BCUT2D eigenvalue weighted by Crippen LogP contribution is 2.30. The van der Waals surface area contributed by atoms with E-state index >= 15 is 0 Å². The number of carbonyl (C=O) groups is 2. The summed E-state index contributed by atoms with van der Waals surface area (Å²) in [5.74, 6) is -1.28. The summed E-state index contributed by atoms with van der Waals surface area (Å²) in [6.07, 6.45) is 3.32. The highest BCUT2D eigenvalue weighted by atomic mass is 35.5. The van der Waals surface area contributed by atoms with Crippen LogP contribution in [0.1, 0.15) is 26.4 Å². The van der Waals surface area contributed by atoms with Crippen molar-refractivity contribution < 1.29 is 14.7 Å². The van der Waals surface area contributed by atoms with Crippen LogP contribution in [-0.4, -0.2) is 33.5 Å². The Kier molecular flexibility index (Phi) is 3.31. The molecule has 0 aliphatic carbocycles. The predicted molar refractivity (Wildman–Crippen MR) is 75.8 cm³/mol. The van der Waals surface area contributed by atoms with Gasteiger partial charge in [0.2, 0.25) is 0 Å². The summed E-state index contributed by atoms with van der Waals surface area (Å²) < 4.78 is 0. The Labute approximate surface area is 125 Å². The average Bonchev–Trinajstić information content (AvgIpc) is 2.89. The normalized spacial score (nSPS) is 13.1. The summed E-state index contributed by atoms with van der Waals surface area (Å²) in [5.41, 5.74) is 1.91. The van der Waals surface area contributed by atoms with Crippen LogP contribution in [0.15, 0.2) is 30.6 Å². The zero-order valence-electron chi connectivity index (χ0n) is 10.8. The van der Waals surface area contributed by atoms with E-state index in [0.29, 0.717) is 18.7 Å². The van der Waals surface area contributed by atoms with E-state index in [1.54, 1.807) is 17.0 Å². The molecule has 1 N–H and O–H groups in total. The molecular weight excluding hydrogens is 294 g/mol. The number of hydrogen-bond acceptors (Lipinski definition) is 4. The molecule has 0 radical (unpaired) electrons. The summed E-state index contributed by atoms with van der Waals surface area (Å²) in [6.45, 7) is 0.478. The monoisotopic (exact) mass is 303 g/mol. The number of halogens is 1. The molecule has 0 spiro atoms. The van der Waals surface area contributed by atoms with Crippen molar-refractivity contribution in [3.63, 3.8) is 0 Å². The van der Waals surface area contributed by atoms with Crippen LogP contribution in [0.4, 0.5) is 5.69 Å². The zero-order valence-corrected chi connectivity index (χ0v) is 11.5. The molecule has 1 aromatic heterocycles. The second-order valence-corrected chi connectivity index (χ2v) is 4.97. The van der Waals surface area contributed by atoms with Crippen LogP contribution in [0.2, 0.25) is 5.15 Å². The minimum Gasteiger partial charge on any atom is -0.478 e. The lowest BCUT2D eigenvalue weighted by molar-refractivity contribution is 0.0696. The van der Waals surface area contributed by atoms with Crippen molar-refractivity contribution in [1.82, 2.24) is 9.97 Å². The first-order valence-electron chi connectivity index (χ1n) is 6.22. The molecule has 1 amide bonds. The summed E-state index contributed by atoms with van der Waals surface area (Å²) in [4.78, 5) is 32.8. The quantitative estimate of drug-likeness (QED) is 0.917. The van der Waals surface area contributed by atoms with Crippen molar-refractivity contribution >= 4 is 29.2 Å². The smallest absolute Gasteiger partial charge is 0.335 e. The highest BCUT2D eigenvalue weighted by Gasteiger charge is 2.27. The Bertz CT molecular complexity index is 748. The van der Waals surface area contributed by atoms with Gasteiger partial charge in [-0.1, -0.05) is 11.6 Å². The van der Waals surface area contributed by atoms with Gasteiger partial charge in [-0.2, -0.15) is 0 Å². The highest BCUT2D eigenvalue weighted by molar-refractivity contribution is 6.29. The van der Waals surface area contributed by atoms with Crippen LogP contribution < -0.4 is 4.90 Å². The standard InChI is InChI=1S/C14H10ClN3O3/c15-12-7-16-6-10(17-12)13(19)18-4-3-8-5-9(14(20)21)1-2-11(8)18/h1-2,5-7H,3-4H2,(H,20,21). The number of carbonyl (C=O) groups excluding carboxylic acids is 1. The van der Waals surface area contributed by atoms with Gasteiger partial charge in [-0.05, 0) is 30.2 Å². The lowest BCUT2D eigenvalue weighted by Crippen LogP contribution is -2.29. The van der Waals surface area contributed by atoms with Gasteiger partial charge in [0, 0.05) is 12.2 Å². The van der Waals surface area contributed by atoms with Gasteiger partial charge < -0.3 is 10.0 Å². The number of rotatable bonds is 2. The molecule has 6 nitrogen and oxygen atoms in total. The first-order chi connectivity index (χ1) is 10.1. The third kappa shape index (κ3) is 2.45. The fourth-order valence-corrected chi connectivity index (χ4v) is 2.48. The molecule has 0 fully saturated rings. The Balaban J connectivity index is 1.94. The molecule has 3 rings (SSSR count). The first kappa shape index (κ1) is 13.5. The molecule has 0 bridgehead atoms. The summed E-state index contributed by atoms with van der Waals surface area (Å²) in [7, 11) is 0. The number of nitrogens with zero attached hydrogens (tertiary/aromatic N) is 3. The fourth-order valence-electron chi connectivity index (χ4n) is 2.33. The Hall–Kier alpha value is -2.47. The van der Waals surface area contributed by atoms with Crippen molar-refractivity contribution in [3.05, 3.63) is 52.6 Å². The number of carboxylic acid groups (broad SMARTS) is 1. The molecular formula is C14H10ClN3O3. The van der Waals surface area contributed by atoms with Crippen molar-refractivity contribution in [3.8, 4) is 0 Å². The van der Waals surface area contributed by atoms with Crippen LogP contribution in [0.3, 0.4) is 0 Å². The van der Waals surface area contributed by atoms with Crippen LogP contribution in [0.5, 0.6) is 0 Å². The van der Waals surface area contributed by atoms with Gasteiger partial charge >= 0.3 is 5.97 Å². The lowest BCUT2D eigenvalue weighted by atomic mass is 10.1. The van der Waals surface area contributed by atoms with Crippen molar-refractivity contribution in [2.45, 2.75) is 6.42 Å². The molecule has 0 unspecified atom stereocenters. The van der Waals surface area contributed by atoms with E-state index in [1.165, 1.54) is 18.5 Å². The van der Waals surface area contributed by atoms with Crippen molar-refractivity contribution in [2.75, 3.05) is 11.4 Å². The van der Waals surface area contributed by atoms with Gasteiger partial charge in [0.25, 0.3) is 5.91 Å². The van der Waals surface area contributed by atoms with E-state index in [9.17, 15) is 9.59 Å². The van der Waals surface area contributed by atoms with E-state index in [1.807, 2.05) is 0 Å². The van der Waals surface area contributed by atoms with E-state index in [4.69, 9.17) is 16.7 Å². The number of benzene rings is 1. The maximum absolute atomic E-state index is 12.4. The first-order valence-corrected chi connectivity index (χ1v) is 6.59.